The molecule has 1 aliphatic rings. The first-order valence-corrected chi connectivity index (χ1v) is 11.7. The molecule has 162 valence electrons. The highest BCUT2D eigenvalue weighted by Crippen LogP contribution is 2.48. The van der Waals surface area contributed by atoms with Crippen molar-refractivity contribution in [2.75, 3.05) is 5.32 Å². The van der Waals surface area contributed by atoms with E-state index in [2.05, 4.69) is 60.0 Å². The van der Waals surface area contributed by atoms with E-state index >= 15 is 0 Å². The maximum Gasteiger partial charge on any atom is 0.223 e. The Morgan fingerprint density at radius 2 is 2.06 bits per heavy atom. The number of fused-ring (bicyclic) bond motifs is 3. The number of pyridine rings is 1. The zero-order valence-electron chi connectivity index (χ0n) is 18.6. The van der Waals surface area contributed by atoms with Gasteiger partial charge in [0.1, 0.15) is 0 Å². The van der Waals surface area contributed by atoms with E-state index in [1.54, 1.807) is 0 Å². The molecule has 5 rings (SSSR count). The third-order valence-electron chi connectivity index (χ3n) is 5.91. The summed E-state index contributed by atoms with van der Waals surface area (Å²) in [5.41, 5.74) is 8.54. The van der Waals surface area contributed by atoms with Crippen LogP contribution in [0.3, 0.4) is 0 Å². The average molecular weight is 444 g/mol. The lowest BCUT2D eigenvalue weighted by Crippen LogP contribution is -2.10. The van der Waals surface area contributed by atoms with Crippen molar-refractivity contribution in [3.05, 3.63) is 65.1 Å². The number of thiazole rings is 1. The number of benzene rings is 1. The highest BCUT2D eigenvalue weighted by atomic mass is 32.1. The number of aromatic nitrogens is 4. The van der Waals surface area contributed by atoms with Crippen molar-refractivity contribution >= 4 is 22.4 Å². The number of anilines is 1. The lowest BCUT2D eigenvalue weighted by atomic mass is 9.86. The van der Waals surface area contributed by atoms with Gasteiger partial charge in [0, 0.05) is 29.9 Å². The van der Waals surface area contributed by atoms with Crippen molar-refractivity contribution in [2.45, 2.75) is 46.5 Å². The average Bonchev–Trinajstić information content (AvgIpc) is 3.35. The molecule has 0 fully saturated rings. The third-order valence-corrected chi connectivity index (χ3v) is 6.93. The van der Waals surface area contributed by atoms with E-state index in [9.17, 15) is 4.79 Å². The maximum atomic E-state index is 11.6. The molecule has 7 heteroatoms. The van der Waals surface area contributed by atoms with Crippen LogP contribution in [0, 0.1) is 6.92 Å². The minimum Gasteiger partial charge on any atom is -0.302 e. The van der Waals surface area contributed by atoms with E-state index in [1.807, 2.05) is 18.3 Å². The standard InChI is InChI=1S/C25H25N5OS/c1-5-18-11-10-17(13-26-18)22-21-15(3)12-19-24(32-25(28-19)27-16(4)31)23(21)30(29-22)20-9-7-6-8-14(20)2/h6-11,13,15H,5,12H2,1-4H3,(H,27,28,31). The summed E-state index contributed by atoms with van der Waals surface area (Å²) < 4.78 is 2.05. The number of hydrogen-bond donors (Lipinski definition) is 1. The van der Waals surface area contributed by atoms with Gasteiger partial charge in [-0.3, -0.25) is 9.78 Å². The van der Waals surface area contributed by atoms with Crippen LogP contribution in [0.4, 0.5) is 5.13 Å². The normalized spacial score (nSPS) is 14.7. The molecule has 0 radical (unpaired) electrons. The van der Waals surface area contributed by atoms with Gasteiger partial charge in [-0.05, 0) is 49.4 Å². The quantitative estimate of drug-likeness (QED) is 0.449. The SMILES string of the molecule is CCc1ccc(-c2nn(-c3ccccc3C)c3c2C(C)Cc2nc(NC(C)=O)sc2-3)cn1. The number of carbonyl (C=O) groups is 1. The first-order valence-electron chi connectivity index (χ1n) is 10.9. The van der Waals surface area contributed by atoms with Gasteiger partial charge in [0.25, 0.3) is 0 Å². The second-order valence-corrected chi connectivity index (χ2v) is 9.28. The summed E-state index contributed by atoms with van der Waals surface area (Å²) in [7, 11) is 0. The first kappa shape index (κ1) is 20.6. The molecule has 1 aliphatic carbocycles. The van der Waals surface area contributed by atoms with Gasteiger partial charge in [0.05, 0.1) is 27.6 Å². The molecule has 0 aliphatic heterocycles. The third kappa shape index (κ3) is 3.42. The predicted molar refractivity (Wildman–Crippen MR) is 128 cm³/mol. The molecular weight excluding hydrogens is 418 g/mol. The van der Waals surface area contributed by atoms with Gasteiger partial charge in [-0.15, -0.1) is 0 Å². The molecule has 4 aromatic rings. The first-order chi connectivity index (χ1) is 15.5. The van der Waals surface area contributed by atoms with Crippen LogP contribution in [0.5, 0.6) is 0 Å². The van der Waals surface area contributed by atoms with Crippen molar-refractivity contribution in [2.24, 2.45) is 0 Å². The van der Waals surface area contributed by atoms with Gasteiger partial charge in [-0.2, -0.15) is 5.10 Å². The maximum absolute atomic E-state index is 11.6. The van der Waals surface area contributed by atoms with E-state index in [-0.39, 0.29) is 11.8 Å². The van der Waals surface area contributed by atoms with Crippen molar-refractivity contribution in [3.63, 3.8) is 0 Å². The fourth-order valence-electron chi connectivity index (χ4n) is 4.35. The summed E-state index contributed by atoms with van der Waals surface area (Å²) >= 11 is 1.52. The van der Waals surface area contributed by atoms with Crippen molar-refractivity contribution < 1.29 is 4.79 Å². The van der Waals surface area contributed by atoms with Crippen LogP contribution in [0.25, 0.3) is 27.5 Å². The molecule has 32 heavy (non-hydrogen) atoms. The fourth-order valence-corrected chi connectivity index (χ4v) is 5.43. The van der Waals surface area contributed by atoms with Crippen LogP contribution in [0.1, 0.15) is 49.2 Å². The molecule has 3 heterocycles. The van der Waals surface area contributed by atoms with E-state index in [0.29, 0.717) is 5.13 Å². The zero-order chi connectivity index (χ0) is 22.4. The Bertz CT molecular complexity index is 1320. The van der Waals surface area contributed by atoms with Crippen LogP contribution in [0.2, 0.25) is 0 Å². The molecule has 0 spiro atoms. The second kappa shape index (κ2) is 7.98. The highest BCUT2D eigenvalue weighted by molar-refractivity contribution is 7.19. The van der Waals surface area contributed by atoms with Crippen LogP contribution < -0.4 is 5.32 Å². The number of nitrogens with one attached hydrogen (secondary N) is 1. The van der Waals surface area contributed by atoms with Gasteiger partial charge in [0.15, 0.2) is 5.13 Å². The number of nitrogens with zero attached hydrogens (tertiary/aromatic N) is 4. The summed E-state index contributed by atoms with van der Waals surface area (Å²) in [5, 5.41) is 8.63. The Morgan fingerprint density at radius 3 is 2.75 bits per heavy atom. The number of rotatable bonds is 4. The van der Waals surface area contributed by atoms with E-state index < -0.39 is 0 Å². The van der Waals surface area contributed by atoms with Gasteiger partial charge in [-0.25, -0.2) is 9.67 Å². The minimum absolute atomic E-state index is 0.112. The number of aryl methyl sites for hydroxylation is 2. The molecule has 1 atom stereocenters. The molecule has 1 aromatic carbocycles. The van der Waals surface area contributed by atoms with Gasteiger partial charge >= 0.3 is 0 Å². The molecule has 6 nitrogen and oxygen atoms in total. The Morgan fingerprint density at radius 1 is 1.25 bits per heavy atom. The zero-order valence-corrected chi connectivity index (χ0v) is 19.5. The van der Waals surface area contributed by atoms with Crippen molar-refractivity contribution in [1.29, 1.82) is 0 Å². The highest BCUT2D eigenvalue weighted by Gasteiger charge is 2.34. The molecular formula is C25H25N5OS. The summed E-state index contributed by atoms with van der Waals surface area (Å²) in [6, 6.07) is 12.5. The van der Waals surface area contributed by atoms with E-state index in [0.717, 1.165) is 57.3 Å². The number of amides is 1. The minimum atomic E-state index is -0.112. The largest absolute Gasteiger partial charge is 0.302 e. The number of carbonyl (C=O) groups excluding carboxylic acids is 1. The monoisotopic (exact) mass is 443 g/mol. The fraction of sp³-hybridized carbons (Fsp3) is 0.280. The Hall–Kier alpha value is -3.32. The van der Waals surface area contributed by atoms with E-state index in [1.165, 1.54) is 23.8 Å². The lowest BCUT2D eigenvalue weighted by Gasteiger charge is -2.20. The topological polar surface area (TPSA) is 72.7 Å². The predicted octanol–water partition coefficient (Wildman–Crippen LogP) is 5.55. The van der Waals surface area contributed by atoms with Gasteiger partial charge in [0.2, 0.25) is 5.91 Å². The summed E-state index contributed by atoms with van der Waals surface area (Å²) in [5.74, 6) is 0.128. The van der Waals surface area contributed by atoms with Gasteiger partial charge < -0.3 is 5.32 Å². The summed E-state index contributed by atoms with van der Waals surface area (Å²) in [6.07, 6.45) is 3.65. The number of para-hydroxylation sites is 1. The summed E-state index contributed by atoms with van der Waals surface area (Å²) in [4.78, 5) is 22.1. The molecule has 1 amide bonds. The van der Waals surface area contributed by atoms with Gasteiger partial charge in [-0.1, -0.05) is 43.4 Å². The van der Waals surface area contributed by atoms with Crippen LogP contribution in [0.15, 0.2) is 42.6 Å². The number of hydrogen-bond acceptors (Lipinski definition) is 5. The van der Waals surface area contributed by atoms with Crippen molar-refractivity contribution in [3.8, 4) is 27.5 Å². The van der Waals surface area contributed by atoms with Crippen molar-refractivity contribution in [1.82, 2.24) is 19.7 Å². The Labute approximate surface area is 191 Å². The molecule has 1 N–H and O–H groups in total. The smallest absolute Gasteiger partial charge is 0.223 e. The molecule has 3 aromatic heterocycles. The molecule has 0 bridgehead atoms. The van der Waals surface area contributed by atoms with Crippen LogP contribution >= 0.6 is 11.3 Å². The molecule has 0 saturated heterocycles. The Kier molecular flexibility index (Phi) is 5.13. The second-order valence-electron chi connectivity index (χ2n) is 8.28. The van der Waals surface area contributed by atoms with Crippen LogP contribution in [-0.2, 0) is 17.6 Å². The van der Waals surface area contributed by atoms with E-state index in [4.69, 9.17) is 10.1 Å². The van der Waals surface area contributed by atoms with Crippen LogP contribution in [-0.4, -0.2) is 25.7 Å². The lowest BCUT2D eigenvalue weighted by molar-refractivity contribution is -0.114. The summed E-state index contributed by atoms with van der Waals surface area (Å²) in [6.45, 7) is 7.94. The Balaban J connectivity index is 1.77. The molecule has 0 saturated carbocycles. The molecule has 1 unspecified atom stereocenters.